The van der Waals surface area contributed by atoms with Gasteiger partial charge in [-0.1, -0.05) is 29.8 Å². The molecule has 0 radical (unpaired) electrons. The lowest BCUT2D eigenvalue weighted by Gasteiger charge is -2.22. The molecule has 2 aromatic carbocycles. The Bertz CT molecular complexity index is 897. The number of sulfonamides is 1. The van der Waals surface area contributed by atoms with Crippen molar-refractivity contribution in [2.24, 2.45) is 0 Å². The first-order valence-corrected chi connectivity index (χ1v) is 11.3. The Kier molecular flexibility index (Phi) is 7.71. The Morgan fingerprint density at radius 3 is 2.21 bits per heavy atom. The van der Waals surface area contributed by atoms with Gasteiger partial charge in [0.1, 0.15) is 6.54 Å². The van der Waals surface area contributed by atoms with Crippen LogP contribution < -0.4 is 14.5 Å². The van der Waals surface area contributed by atoms with Gasteiger partial charge in [-0.25, -0.2) is 8.42 Å². The largest absolute Gasteiger partial charge is 0.372 e. The molecule has 6 nitrogen and oxygen atoms in total. The van der Waals surface area contributed by atoms with E-state index in [1.807, 2.05) is 24.3 Å². The first kappa shape index (κ1) is 22.0. The number of halogens is 1. The Labute approximate surface area is 172 Å². The molecule has 0 fully saturated rings. The molecular formula is C20H26ClN3O3S. The third-order valence-corrected chi connectivity index (χ3v) is 5.71. The van der Waals surface area contributed by atoms with Gasteiger partial charge in [-0.05, 0) is 49.7 Å². The fourth-order valence-corrected chi connectivity index (χ4v) is 3.86. The van der Waals surface area contributed by atoms with Crippen LogP contribution in [0.4, 0.5) is 11.4 Å². The summed E-state index contributed by atoms with van der Waals surface area (Å²) in [6, 6.07) is 14.4. The molecule has 2 aromatic rings. The van der Waals surface area contributed by atoms with Crippen molar-refractivity contribution in [3.05, 3.63) is 59.1 Å². The number of carbonyl (C=O) groups excluding carboxylic acids is 1. The van der Waals surface area contributed by atoms with E-state index in [9.17, 15) is 13.2 Å². The molecule has 2 rings (SSSR count). The zero-order valence-corrected chi connectivity index (χ0v) is 17.9. The number of hydrogen-bond acceptors (Lipinski definition) is 4. The minimum Gasteiger partial charge on any atom is -0.372 e. The van der Waals surface area contributed by atoms with E-state index in [4.69, 9.17) is 11.6 Å². The van der Waals surface area contributed by atoms with Crippen molar-refractivity contribution in [1.82, 2.24) is 5.32 Å². The molecule has 0 aliphatic carbocycles. The van der Waals surface area contributed by atoms with Crippen molar-refractivity contribution >= 4 is 38.9 Å². The first-order valence-electron chi connectivity index (χ1n) is 9.08. The van der Waals surface area contributed by atoms with Gasteiger partial charge in [0.2, 0.25) is 15.9 Å². The van der Waals surface area contributed by atoms with Crippen molar-refractivity contribution in [3.8, 4) is 0 Å². The van der Waals surface area contributed by atoms with Crippen LogP contribution in [0.15, 0.2) is 48.5 Å². The average molecular weight is 424 g/mol. The van der Waals surface area contributed by atoms with E-state index in [1.165, 1.54) is 6.07 Å². The van der Waals surface area contributed by atoms with Gasteiger partial charge >= 0.3 is 0 Å². The molecule has 152 valence electrons. The van der Waals surface area contributed by atoms with Gasteiger partial charge in [-0.3, -0.25) is 9.10 Å². The summed E-state index contributed by atoms with van der Waals surface area (Å²) in [6.45, 7) is 6.08. The summed E-state index contributed by atoms with van der Waals surface area (Å²) in [5.41, 5.74) is 2.43. The molecule has 0 aliphatic heterocycles. The van der Waals surface area contributed by atoms with Crippen molar-refractivity contribution in [2.75, 3.05) is 35.1 Å². The predicted molar refractivity (Wildman–Crippen MR) is 115 cm³/mol. The van der Waals surface area contributed by atoms with Crippen molar-refractivity contribution in [2.45, 2.75) is 20.4 Å². The van der Waals surface area contributed by atoms with Crippen LogP contribution in [0.1, 0.15) is 19.4 Å². The molecule has 1 N–H and O–H groups in total. The third-order valence-electron chi connectivity index (χ3n) is 4.34. The quantitative estimate of drug-likeness (QED) is 0.672. The summed E-state index contributed by atoms with van der Waals surface area (Å²) in [5, 5.41) is 3.17. The molecule has 1 amide bonds. The van der Waals surface area contributed by atoms with Gasteiger partial charge in [0, 0.05) is 30.3 Å². The van der Waals surface area contributed by atoms with E-state index in [-0.39, 0.29) is 6.54 Å². The van der Waals surface area contributed by atoms with Gasteiger partial charge in [-0.15, -0.1) is 0 Å². The summed E-state index contributed by atoms with van der Waals surface area (Å²) in [5.74, 6) is -0.391. The summed E-state index contributed by atoms with van der Waals surface area (Å²) in [4.78, 5) is 14.6. The van der Waals surface area contributed by atoms with Gasteiger partial charge in [0.05, 0.1) is 11.9 Å². The number of anilines is 2. The normalized spacial score (nSPS) is 11.1. The van der Waals surface area contributed by atoms with Crippen LogP contribution in [0.3, 0.4) is 0 Å². The number of amides is 1. The first-order chi connectivity index (χ1) is 13.2. The number of nitrogens with zero attached hydrogens (tertiary/aromatic N) is 2. The molecule has 0 atom stereocenters. The maximum atomic E-state index is 12.3. The summed E-state index contributed by atoms with van der Waals surface area (Å²) < 4.78 is 25.3. The molecule has 0 aromatic heterocycles. The molecule has 28 heavy (non-hydrogen) atoms. The summed E-state index contributed by atoms with van der Waals surface area (Å²) >= 11 is 5.95. The van der Waals surface area contributed by atoms with Crippen LogP contribution in [0.2, 0.25) is 5.02 Å². The predicted octanol–water partition coefficient (Wildman–Crippen LogP) is 3.27. The second-order valence-electron chi connectivity index (χ2n) is 6.36. The number of hydrogen-bond donors (Lipinski definition) is 1. The maximum Gasteiger partial charge on any atom is 0.241 e. The van der Waals surface area contributed by atoms with E-state index >= 15 is 0 Å². The third kappa shape index (κ3) is 6.14. The lowest BCUT2D eigenvalue weighted by atomic mass is 10.2. The number of benzene rings is 2. The van der Waals surface area contributed by atoms with E-state index in [0.29, 0.717) is 17.3 Å². The fourth-order valence-electron chi connectivity index (χ4n) is 2.83. The highest BCUT2D eigenvalue weighted by Gasteiger charge is 2.21. The van der Waals surface area contributed by atoms with Crippen LogP contribution in [0.25, 0.3) is 0 Å². The molecule has 8 heteroatoms. The highest BCUT2D eigenvalue weighted by molar-refractivity contribution is 7.92. The Morgan fingerprint density at radius 2 is 1.68 bits per heavy atom. The molecule has 0 spiro atoms. The molecule has 0 aliphatic rings. The minimum absolute atomic E-state index is 0.309. The van der Waals surface area contributed by atoms with E-state index in [2.05, 4.69) is 24.1 Å². The van der Waals surface area contributed by atoms with Gasteiger partial charge in [0.15, 0.2) is 0 Å². The maximum absolute atomic E-state index is 12.3. The number of carbonyl (C=O) groups is 1. The smallest absolute Gasteiger partial charge is 0.241 e. The van der Waals surface area contributed by atoms with E-state index < -0.39 is 15.9 Å². The second kappa shape index (κ2) is 9.80. The highest BCUT2D eigenvalue weighted by Crippen LogP contribution is 2.21. The molecule has 0 saturated heterocycles. The zero-order valence-electron chi connectivity index (χ0n) is 16.4. The SMILES string of the molecule is CCN(CC)c1ccc(CNC(=O)CN(c2cccc(Cl)c2)S(C)(=O)=O)cc1. The second-order valence-corrected chi connectivity index (χ2v) is 8.71. The van der Waals surface area contributed by atoms with E-state index in [1.54, 1.807) is 18.2 Å². The topological polar surface area (TPSA) is 69.7 Å². The Morgan fingerprint density at radius 1 is 1.04 bits per heavy atom. The number of rotatable bonds is 9. The molecule has 0 unspecified atom stereocenters. The van der Waals surface area contributed by atoms with Crippen LogP contribution in [-0.2, 0) is 21.4 Å². The number of nitrogens with one attached hydrogen (secondary N) is 1. The monoisotopic (exact) mass is 423 g/mol. The average Bonchev–Trinajstić information content (AvgIpc) is 2.65. The minimum atomic E-state index is -3.63. The summed E-state index contributed by atoms with van der Waals surface area (Å²) in [7, 11) is -3.63. The van der Waals surface area contributed by atoms with Gasteiger partial charge in [-0.2, -0.15) is 0 Å². The highest BCUT2D eigenvalue weighted by atomic mass is 35.5. The van der Waals surface area contributed by atoms with Crippen molar-refractivity contribution < 1.29 is 13.2 Å². The van der Waals surface area contributed by atoms with Gasteiger partial charge in [0.25, 0.3) is 0 Å². The fraction of sp³-hybridized carbons (Fsp3) is 0.350. The lowest BCUT2D eigenvalue weighted by molar-refractivity contribution is -0.119. The molecule has 0 saturated carbocycles. The van der Waals surface area contributed by atoms with Gasteiger partial charge < -0.3 is 10.2 Å². The molecule has 0 heterocycles. The van der Waals surface area contributed by atoms with Crippen LogP contribution in [-0.4, -0.2) is 40.2 Å². The molecule has 0 bridgehead atoms. The van der Waals surface area contributed by atoms with Crippen molar-refractivity contribution in [1.29, 1.82) is 0 Å². The zero-order chi connectivity index (χ0) is 20.7. The lowest BCUT2D eigenvalue weighted by Crippen LogP contribution is -2.40. The van der Waals surface area contributed by atoms with Crippen LogP contribution in [0, 0.1) is 0 Å². The van der Waals surface area contributed by atoms with E-state index in [0.717, 1.165) is 34.9 Å². The Hall–Kier alpha value is -2.25. The van der Waals surface area contributed by atoms with Crippen LogP contribution in [0.5, 0.6) is 0 Å². The molecular weight excluding hydrogens is 398 g/mol. The standard InChI is InChI=1S/C20H26ClN3O3S/c1-4-23(5-2)18-11-9-16(10-12-18)14-22-20(25)15-24(28(3,26)27)19-8-6-7-17(21)13-19/h6-13H,4-5,14-15H2,1-3H3,(H,22,25). The Balaban J connectivity index is 2.01. The van der Waals surface area contributed by atoms with Crippen molar-refractivity contribution in [3.63, 3.8) is 0 Å². The summed E-state index contributed by atoms with van der Waals surface area (Å²) in [6.07, 6.45) is 1.06. The van der Waals surface area contributed by atoms with Crippen LogP contribution >= 0.6 is 11.6 Å².